The van der Waals surface area contributed by atoms with Crippen molar-refractivity contribution in [3.05, 3.63) is 35.4 Å². The van der Waals surface area contributed by atoms with E-state index in [1.54, 1.807) is 0 Å². The Balaban J connectivity index is 1.96. The van der Waals surface area contributed by atoms with Crippen molar-refractivity contribution in [1.82, 2.24) is 4.90 Å². The van der Waals surface area contributed by atoms with Crippen LogP contribution in [-0.2, 0) is 0 Å². The Morgan fingerprint density at radius 1 is 1.22 bits per heavy atom. The molecule has 1 aromatic rings. The van der Waals surface area contributed by atoms with Gasteiger partial charge in [0.15, 0.2) is 5.78 Å². The van der Waals surface area contributed by atoms with Crippen LogP contribution in [0.5, 0.6) is 0 Å². The van der Waals surface area contributed by atoms with Crippen LogP contribution in [0.4, 0.5) is 0 Å². The first-order valence-electron chi connectivity index (χ1n) is 6.52. The summed E-state index contributed by atoms with van der Waals surface area (Å²) in [6, 6.07) is 7.88. The summed E-state index contributed by atoms with van der Waals surface area (Å²) >= 11 is 2.02. The maximum absolute atomic E-state index is 12.2. The van der Waals surface area contributed by atoms with Crippen molar-refractivity contribution >= 4 is 17.5 Å². The van der Waals surface area contributed by atoms with Crippen LogP contribution in [0.15, 0.2) is 24.3 Å². The van der Waals surface area contributed by atoms with E-state index in [1.807, 2.05) is 43.0 Å². The zero-order valence-corrected chi connectivity index (χ0v) is 12.2. The fourth-order valence-electron chi connectivity index (χ4n) is 2.45. The summed E-state index contributed by atoms with van der Waals surface area (Å²) in [7, 11) is 0. The van der Waals surface area contributed by atoms with Gasteiger partial charge in [-0.2, -0.15) is 11.8 Å². The third-order valence-electron chi connectivity index (χ3n) is 3.24. The topological polar surface area (TPSA) is 20.3 Å². The van der Waals surface area contributed by atoms with E-state index in [1.165, 1.54) is 5.56 Å². The molecule has 0 amide bonds. The van der Waals surface area contributed by atoms with Crippen molar-refractivity contribution < 1.29 is 4.79 Å². The van der Waals surface area contributed by atoms with Crippen molar-refractivity contribution in [3.8, 4) is 0 Å². The standard InChI is InChI=1S/C15H21NOS/c1-11-4-6-14(7-5-11)15(17)10-16-8-12(2)18-13(3)9-16/h4-7,12-13H,8-10H2,1-3H3. The number of benzene rings is 1. The number of carbonyl (C=O) groups excluding carboxylic acids is 1. The molecule has 1 saturated heterocycles. The summed E-state index contributed by atoms with van der Waals surface area (Å²) in [5, 5.41) is 1.25. The van der Waals surface area contributed by atoms with Crippen molar-refractivity contribution in [2.24, 2.45) is 0 Å². The number of Topliss-reactive ketones (excluding diaryl/α,β-unsaturated/α-hetero) is 1. The first-order chi connectivity index (χ1) is 8.54. The number of hydrogen-bond acceptors (Lipinski definition) is 3. The van der Waals surface area contributed by atoms with Crippen LogP contribution in [0.25, 0.3) is 0 Å². The van der Waals surface area contributed by atoms with Crippen LogP contribution in [0.3, 0.4) is 0 Å². The Bertz CT molecular complexity index is 405. The van der Waals surface area contributed by atoms with E-state index in [0.29, 0.717) is 17.0 Å². The van der Waals surface area contributed by atoms with Gasteiger partial charge in [0.05, 0.1) is 6.54 Å². The SMILES string of the molecule is Cc1ccc(C(=O)CN2CC(C)SC(C)C2)cc1. The lowest BCUT2D eigenvalue weighted by atomic mass is 10.1. The van der Waals surface area contributed by atoms with Crippen LogP contribution >= 0.6 is 11.8 Å². The number of hydrogen-bond donors (Lipinski definition) is 0. The molecule has 1 heterocycles. The van der Waals surface area contributed by atoms with Gasteiger partial charge in [-0.25, -0.2) is 0 Å². The molecule has 1 aliphatic heterocycles. The second kappa shape index (κ2) is 5.89. The average molecular weight is 263 g/mol. The zero-order chi connectivity index (χ0) is 13.1. The van der Waals surface area contributed by atoms with E-state index in [-0.39, 0.29) is 5.78 Å². The fraction of sp³-hybridized carbons (Fsp3) is 0.533. The largest absolute Gasteiger partial charge is 0.294 e. The van der Waals surface area contributed by atoms with Gasteiger partial charge in [0.2, 0.25) is 0 Å². The Kier molecular flexibility index (Phi) is 4.46. The van der Waals surface area contributed by atoms with E-state index >= 15 is 0 Å². The van der Waals surface area contributed by atoms with Crippen LogP contribution in [0.1, 0.15) is 29.8 Å². The highest BCUT2D eigenvalue weighted by Crippen LogP contribution is 2.24. The van der Waals surface area contributed by atoms with Crippen LogP contribution in [0, 0.1) is 6.92 Å². The predicted octanol–water partition coefficient (Wildman–Crippen LogP) is 3.00. The van der Waals surface area contributed by atoms with Crippen molar-refractivity contribution in [2.45, 2.75) is 31.3 Å². The van der Waals surface area contributed by atoms with E-state index < -0.39 is 0 Å². The first kappa shape index (κ1) is 13.6. The molecule has 0 N–H and O–H groups in total. The molecule has 1 aromatic carbocycles. The van der Waals surface area contributed by atoms with Crippen molar-refractivity contribution in [3.63, 3.8) is 0 Å². The smallest absolute Gasteiger partial charge is 0.176 e. The summed E-state index contributed by atoms with van der Waals surface area (Å²) in [4.78, 5) is 14.5. The third kappa shape index (κ3) is 3.59. The van der Waals surface area contributed by atoms with Gasteiger partial charge in [0.1, 0.15) is 0 Å². The minimum atomic E-state index is 0.237. The fourth-order valence-corrected chi connectivity index (χ4v) is 3.83. The molecule has 3 heteroatoms. The lowest BCUT2D eigenvalue weighted by Crippen LogP contribution is -2.42. The molecular weight excluding hydrogens is 242 g/mol. The first-order valence-corrected chi connectivity index (χ1v) is 7.46. The number of rotatable bonds is 3. The molecule has 98 valence electrons. The summed E-state index contributed by atoms with van der Waals surface area (Å²) in [6.45, 7) is 9.12. The van der Waals surface area contributed by atoms with E-state index in [4.69, 9.17) is 0 Å². The molecular formula is C15H21NOS. The van der Waals surface area contributed by atoms with Gasteiger partial charge in [-0.1, -0.05) is 43.7 Å². The molecule has 1 aliphatic rings. The highest BCUT2D eigenvalue weighted by atomic mass is 32.2. The van der Waals surface area contributed by atoms with E-state index in [2.05, 4.69) is 18.7 Å². The molecule has 0 bridgehead atoms. The molecule has 0 aromatic heterocycles. The molecule has 0 aliphatic carbocycles. The van der Waals surface area contributed by atoms with Gasteiger partial charge in [0, 0.05) is 29.2 Å². The molecule has 0 spiro atoms. The van der Waals surface area contributed by atoms with Crippen LogP contribution in [-0.4, -0.2) is 40.8 Å². The van der Waals surface area contributed by atoms with Crippen LogP contribution in [0.2, 0.25) is 0 Å². The molecule has 0 saturated carbocycles. The maximum atomic E-state index is 12.2. The second-order valence-corrected chi connectivity index (χ2v) is 7.12. The monoisotopic (exact) mass is 263 g/mol. The molecule has 2 nitrogen and oxygen atoms in total. The lowest BCUT2D eigenvalue weighted by molar-refractivity contribution is 0.0930. The molecule has 18 heavy (non-hydrogen) atoms. The summed E-state index contributed by atoms with van der Waals surface area (Å²) < 4.78 is 0. The Morgan fingerprint density at radius 3 is 2.33 bits per heavy atom. The molecule has 2 unspecified atom stereocenters. The second-order valence-electron chi connectivity index (χ2n) is 5.24. The van der Waals surface area contributed by atoms with Gasteiger partial charge in [-0.05, 0) is 6.92 Å². The highest BCUT2D eigenvalue weighted by molar-refractivity contribution is 8.00. The molecule has 2 atom stereocenters. The Morgan fingerprint density at radius 2 is 1.78 bits per heavy atom. The minimum absolute atomic E-state index is 0.237. The van der Waals surface area contributed by atoms with Crippen molar-refractivity contribution in [1.29, 1.82) is 0 Å². The highest BCUT2D eigenvalue weighted by Gasteiger charge is 2.23. The minimum Gasteiger partial charge on any atom is -0.294 e. The molecule has 2 rings (SSSR count). The number of aryl methyl sites for hydroxylation is 1. The van der Waals surface area contributed by atoms with Gasteiger partial charge >= 0.3 is 0 Å². The third-order valence-corrected chi connectivity index (χ3v) is 4.46. The number of thioether (sulfide) groups is 1. The van der Waals surface area contributed by atoms with Crippen LogP contribution < -0.4 is 0 Å². The zero-order valence-electron chi connectivity index (χ0n) is 11.3. The number of carbonyl (C=O) groups is 1. The summed E-state index contributed by atoms with van der Waals surface area (Å²) in [5.74, 6) is 0.237. The summed E-state index contributed by atoms with van der Waals surface area (Å²) in [6.07, 6.45) is 0. The summed E-state index contributed by atoms with van der Waals surface area (Å²) in [5.41, 5.74) is 2.03. The maximum Gasteiger partial charge on any atom is 0.176 e. The van der Waals surface area contributed by atoms with Gasteiger partial charge in [0.25, 0.3) is 0 Å². The van der Waals surface area contributed by atoms with Gasteiger partial charge < -0.3 is 0 Å². The van der Waals surface area contributed by atoms with Gasteiger partial charge in [-0.15, -0.1) is 0 Å². The number of nitrogens with zero attached hydrogens (tertiary/aromatic N) is 1. The predicted molar refractivity (Wildman–Crippen MR) is 78.5 cm³/mol. The van der Waals surface area contributed by atoms with Crippen molar-refractivity contribution in [2.75, 3.05) is 19.6 Å². The van der Waals surface area contributed by atoms with Gasteiger partial charge in [-0.3, -0.25) is 9.69 Å². The number of ketones is 1. The quantitative estimate of drug-likeness (QED) is 0.782. The molecule has 0 radical (unpaired) electrons. The van der Waals surface area contributed by atoms with E-state index in [9.17, 15) is 4.79 Å². The Hall–Kier alpha value is -0.800. The Labute approximate surface area is 114 Å². The average Bonchev–Trinajstić information content (AvgIpc) is 2.28. The normalized spacial score (nSPS) is 25.1. The van der Waals surface area contributed by atoms with E-state index in [0.717, 1.165) is 18.7 Å². The lowest BCUT2D eigenvalue weighted by Gasteiger charge is -2.34. The molecule has 1 fully saturated rings.